The maximum Gasteiger partial charge on any atom is 0.250 e. The second-order valence-electron chi connectivity index (χ2n) is 7.55. The van der Waals surface area contributed by atoms with E-state index in [1.165, 1.54) is 16.7 Å². The Bertz CT molecular complexity index is 1370. The molecule has 4 rings (SSSR count). The van der Waals surface area contributed by atoms with E-state index >= 15 is 0 Å². The lowest BCUT2D eigenvalue weighted by atomic mass is 9.91. The van der Waals surface area contributed by atoms with Gasteiger partial charge in [0.25, 0.3) is 5.56 Å². The van der Waals surface area contributed by atoms with Crippen LogP contribution < -0.4 is 10.3 Å². The minimum atomic E-state index is -3.47. The van der Waals surface area contributed by atoms with Crippen LogP contribution >= 0.6 is 0 Å². The Labute approximate surface area is 180 Å². The van der Waals surface area contributed by atoms with Gasteiger partial charge in [0.1, 0.15) is 5.82 Å². The summed E-state index contributed by atoms with van der Waals surface area (Å²) < 4.78 is 42.0. The number of pyridine rings is 1. The lowest BCUT2D eigenvalue weighted by molar-refractivity contribution is 0.602. The van der Waals surface area contributed by atoms with Gasteiger partial charge in [0.05, 0.1) is 23.7 Å². The number of benzene rings is 2. The SMILES string of the molecule is CCS(=O)(=O)Nc1cc2c(cc1C)C(c1ccc(F)cc1)=NCc1cc(=O)n(C)cc1-2. The van der Waals surface area contributed by atoms with Gasteiger partial charge in [0.2, 0.25) is 10.0 Å². The zero-order valence-corrected chi connectivity index (χ0v) is 18.3. The number of aliphatic imine (C=N–C) groups is 1. The maximum absolute atomic E-state index is 13.5. The summed E-state index contributed by atoms with van der Waals surface area (Å²) in [5.74, 6) is -0.387. The summed E-state index contributed by atoms with van der Waals surface area (Å²) in [6.07, 6.45) is 1.74. The quantitative estimate of drug-likeness (QED) is 0.674. The Balaban J connectivity index is 2.00. The van der Waals surface area contributed by atoms with Crippen LogP contribution in [0.15, 0.2) is 58.4 Å². The Morgan fingerprint density at radius 1 is 1.10 bits per heavy atom. The van der Waals surface area contributed by atoms with Crippen molar-refractivity contribution < 1.29 is 12.8 Å². The summed E-state index contributed by atoms with van der Waals surface area (Å²) in [5.41, 5.74) is 5.55. The Kier molecular flexibility index (Phi) is 5.26. The van der Waals surface area contributed by atoms with E-state index < -0.39 is 10.0 Å². The van der Waals surface area contributed by atoms with Crippen molar-refractivity contribution in [1.82, 2.24) is 4.57 Å². The fourth-order valence-corrected chi connectivity index (χ4v) is 4.32. The molecule has 3 aromatic rings. The second kappa shape index (κ2) is 7.77. The van der Waals surface area contributed by atoms with E-state index in [1.807, 2.05) is 13.0 Å². The normalized spacial score (nSPS) is 13.1. The largest absolute Gasteiger partial charge is 0.318 e. The average Bonchev–Trinajstić information content (AvgIpc) is 2.86. The molecule has 0 aliphatic carbocycles. The minimum Gasteiger partial charge on any atom is -0.318 e. The first-order chi connectivity index (χ1) is 14.7. The standard InChI is InChI=1S/C23H22FN3O3S/c1-4-31(29,30)26-21-11-18-19(9-14(21)2)23(15-5-7-17(24)8-6-15)25-12-16-10-22(28)27(3)13-20(16)18/h5-11,13,26H,4,12H2,1-3H3. The van der Waals surface area contributed by atoms with Crippen LogP contribution in [-0.2, 0) is 23.6 Å². The number of nitrogens with zero attached hydrogens (tertiary/aromatic N) is 2. The van der Waals surface area contributed by atoms with Crippen molar-refractivity contribution in [3.05, 3.63) is 87.1 Å². The van der Waals surface area contributed by atoms with Crippen molar-refractivity contribution in [3.8, 4) is 11.1 Å². The molecule has 0 amide bonds. The van der Waals surface area contributed by atoms with E-state index in [4.69, 9.17) is 4.99 Å². The van der Waals surface area contributed by atoms with Crippen molar-refractivity contribution in [2.24, 2.45) is 12.0 Å². The highest BCUT2D eigenvalue weighted by Crippen LogP contribution is 2.36. The number of nitrogens with one attached hydrogen (secondary N) is 1. The number of aryl methyl sites for hydroxylation is 2. The van der Waals surface area contributed by atoms with Gasteiger partial charge in [-0.2, -0.15) is 0 Å². The smallest absolute Gasteiger partial charge is 0.250 e. The topological polar surface area (TPSA) is 80.5 Å². The molecule has 1 aromatic heterocycles. The first-order valence-corrected chi connectivity index (χ1v) is 11.5. The predicted octanol–water partition coefficient (Wildman–Crippen LogP) is 3.61. The first-order valence-electron chi connectivity index (χ1n) is 9.84. The summed E-state index contributed by atoms with van der Waals surface area (Å²) >= 11 is 0. The zero-order valence-electron chi connectivity index (χ0n) is 17.4. The summed E-state index contributed by atoms with van der Waals surface area (Å²) in [6.45, 7) is 3.68. The van der Waals surface area contributed by atoms with Gasteiger partial charge in [-0.1, -0.05) is 0 Å². The molecule has 0 atom stereocenters. The lowest BCUT2D eigenvalue weighted by Gasteiger charge is -2.17. The number of halogens is 1. The highest BCUT2D eigenvalue weighted by Gasteiger charge is 2.22. The second-order valence-corrected chi connectivity index (χ2v) is 9.56. The van der Waals surface area contributed by atoms with Crippen LogP contribution in [0.3, 0.4) is 0 Å². The van der Waals surface area contributed by atoms with Crippen molar-refractivity contribution in [3.63, 3.8) is 0 Å². The molecule has 2 heterocycles. The van der Waals surface area contributed by atoms with Crippen LogP contribution in [0.25, 0.3) is 11.1 Å². The molecule has 31 heavy (non-hydrogen) atoms. The van der Waals surface area contributed by atoms with Crippen molar-refractivity contribution in [2.45, 2.75) is 20.4 Å². The molecule has 0 spiro atoms. The summed E-state index contributed by atoms with van der Waals surface area (Å²) in [7, 11) is -1.80. The molecule has 2 aromatic carbocycles. The molecule has 0 bridgehead atoms. The van der Waals surface area contributed by atoms with Crippen LogP contribution in [0.5, 0.6) is 0 Å². The molecular formula is C23H22FN3O3S. The van der Waals surface area contributed by atoms with Gasteiger partial charge >= 0.3 is 0 Å². The van der Waals surface area contributed by atoms with Crippen molar-refractivity contribution >= 4 is 21.4 Å². The van der Waals surface area contributed by atoms with Gasteiger partial charge in [-0.25, -0.2) is 12.8 Å². The lowest BCUT2D eigenvalue weighted by Crippen LogP contribution is -2.17. The van der Waals surface area contributed by atoms with Crippen LogP contribution in [0, 0.1) is 12.7 Å². The van der Waals surface area contributed by atoms with Crippen LogP contribution in [0.2, 0.25) is 0 Å². The fourth-order valence-electron chi connectivity index (χ4n) is 3.62. The number of anilines is 1. The first kappa shape index (κ1) is 21.0. The Hall–Kier alpha value is -3.26. The molecule has 0 radical (unpaired) electrons. The molecule has 0 saturated carbocycles. The minimum absolute atomic E-state index is 0.0447. The van der Waals surface area contributed by atoms with E-state index in [2.05, 4.69) is 4.72 Å². The van der Waals surface area contributed by atoms with Gasteiger partial charge < -0.3 is 4.57 Å². The molecule has 0 fully saturated rings. The Morgan fingerprint density at radius 2 is 1.81 bits per heavy atom. The molecule has 0 saturated heterocycles. The highest BCUT2D eigenvalue weighted by molar-refractivity contribution is 7.92. The monoisotopic (exact) mass is 439 g/mol. The van der Waals surface area contributed by atoms with E-state index in [1.54, 1.807) is 44.4 Å². The van der Waals surface area contributed by atoms with Gasteiger partial charge in [-0.05, 0) is 66.9 Å². The van der Waals surface area contributed by atoms with E-state index in [0.29, 0.717) is 11.4 Å². The number of fused-ring (bicyclic) bond motifs is 3. The van der Waals surface area contributed by atoms with Crippen LogP contribution in [-0.4, -0.2) is 24.4 Å². The maximum atomic E-state index is 13.5. The van der Waals surface area contributed by atoms with Crippen molar-refractivity contribution in [1.29, 1.82) is 0 Å². The fraction of sp³-hybridized carbons (Fsp3) is 0.217. The number of rotatable bonds is 4. The molecular weight excluding hydrogens is 417 g/mol. The zero-order chi connectivity index (χ0) is 22.3. The third kappa shape index (κ3) is 4.03. The number of hydrogen-bond acceptors (Lipinski definition) is 4. The number of hydrogen-bond donors (Lipinski definition) is 1. The predicted molar refractivity (Wildman–Crippen MR) is 121 cm³/mol. The number of sulfonamides is 1. The van der Waals surface area contributed by atoms with Gasteiger partial charge in [0.15, 0.2) is 0 Å². The van der Waals surface area contributed by atoms with Gasteiger partial charge in [-0.15, -0.1) is 0 Å². The average molecular weight is 440 g/mol. The molecule has 1 aliphatic heterocycles. The third-order valence-electron chi connectivity index (χ3n) is 5.39. The molecule has 8 heteroatoms. The third-order valence-corrected chi connectivity index (χ3v) is 6.69. The molecule has 1 N–H and O–H groups in total. The van der Waals surface area contributed by atoms with Gasteiger partial charge in [0, 0.05) is 36.0 Å². The van der Waals surface area contributed by atoms with Crippen LogP contribution in [0.4, 0.5) is 10.1 Å². The van der Waals surface area contributed by atoms with E-state index in [-0.39, 0.29) is 23.7 Å². The summed E-state index contributed by atoms with van der Waals surface area (Å²) in [6, 6.07) is 11.3. The molecule has 1 aliphatic rings. The molecule has 6 nitrogen and oxygen atoms in total. The van der Waals surface area contributed by atoms with Crippen LogP contribution in [0.1, 0.15) is 29.2 Å². The number of aromatic nitrogens is 1. The molecule has 160 valence electrons. The van der Waals surface area contributed by atoms with E-state index in [9.17, 15) is 17.6 Å². The summed E-state index contributed by atoms with van der Waals surface area (Å²) in [4.78, 5) is 17.0. The van der Waals surface area contributed by atoms with Crippen molar-refractivity contribution in [2.75, 3.05) is 10.5 Å². The van der Waals surface area contributed by atoms with Gasteiger partial charge in [-0.3, -0.25) is 14.5 Å². The van der Waals surface area contributed by atoms with E-state index in [0.717, 1.165) is 33.4 Å². The summed E-state index contributed by atoms with van der Waals surface area (Å²) in [5, 5.41) is 0. The Morgan fingerprint density at radius 3 is 2.48 bits per heavy atom. The highest BCUT2D eigenvalue weighted by atomic mass is 32.2. The molecule has 0 unspecified atom stereocenters.